The third-order valence-corrected chi connectivity index (χ3v) is 2.81. The number of hydrogen-bond acceptors (Lipinski definition) is 3. The Morgan fingerprint density at radius 2 is 2.13 bits per heavy atom. The van der Waals surface area contributed by atoms with Gasteiger partial charge in [0.1, 0.15) is 5.82 Å². The average Bonchev–Trinajstić information content (AvgIpc) is 2.68. The van der Waals surface area contributed by atoms with Crippen LogP contribution in [0.2, 0.25) is 0 Å². The van der Waals surface area contributed by atoms with Crippen molar-refractivity contribution in [2.24, 2.45) is 0 Å². The molecule has 0 saturated carbocycles. The number of anilines is 1. The van der Waals surface area contributed by atoms with Crippen LogP contribution in [0.3, 0.4) is 0 Å². The summed E-state index contributed by atoms with van der Waals surface area (Å²) in [6.45, 7) is 4.35. The molecule has 0 aliphatic heterocycles. The Hall–Kier alpha value is -1.58. The molecule has 2 N–H and O–H groups in total. The molecule has 0 fully saturated rings. The van der Waals surface area contributed by atoms with Crippen molar-refractivity contribution < 1.29 is 0 Å². The summed E-state index contributed by atoms with van der Waals surface area (Å²) in [5.74, 6) is 1.15. The lowest BCUT2D eigenvalue weighted by atomic mass is 9.99. The monoisotopic (exact) mass is 204 g/mol. The molecule has 0 atom stereocenters. The Labute approximate surface area is 89.1 Å². The van der Waals surface area contributed by atoms with Crippen LogP contribution in [0.5, 0.6) is 0 Å². The minimum absolute atomic E-state index is 0.493. The van der Waals surface area contributed by atoms with Gasteiger partial charge in [0.25, 0.3) is 0 Å². The molecule has 2 aromatic heterocycles. The van der Waals surface area contributed by atoms with Crippen LogP contribution >= 0.6 is 0 Å². The van der Waals surface area contributed by atoms with Gasteiger partial charge in [0.15, 0.2) is 5.65 Å². The first kappa shape index (κ1) is 9.96. The first-order valence-electron chi connectivity index (χ1n) is 5.36. The molecule has 0 saturated heterocycles. The van der Waals surface area contributed by atoms with E-state index in [4.69, 9.17) is 5.73 Å². The van der Waals surface area contributed by atoms with Gasteiger partial charge in [-0.25, -0.2) is 4.98 Å². The molecule has 0 aliphatic rings. The van der Waals surface area contributed by atoms with E-state index >= 15 is 0 Å². The Kier molecular flexibility index (Phi) is 2.58. The maximum Gasteiger partial charge on any atom is 0.157 e. The van der Waals surface area contributed by atoms with Crippen LogP contribution < -0.4 is 5.73 Å². The van der Waals surface area contributed by atoms with Crippen LogP contribution in [0.4, 0.5) is 5.82 Å². The second kappa shape index (κ2) is 3.88. The highest BCUT2D eigenvalue weighted by atomic mass is 15.3. The maximum absolute atomic E-state index is 5.91. The second-order valence-corrected chi connectivity index (χ2v) is 3.72. The molecule has 2 rings (SSSR count). The van der Waals surface area contributed by atoms with Crippen LogP contribution in [-0.4, -0.2) is 14.6 Å². The van der Waals surface area contributed by atoms with E-state index in [-0.39, 0.29) is 0 Å². The SMILES string of the molecule is CCC(CC)c1cc(N)n2nccc2n1. The van der Waals surface area contributed by atoms with E-state index in [1.165, 1.54) is 0 Å². The summed E-state index contributed by atoms with van der Waals surface area (Å²) in [6, 6.07) is 3.81. The maximum atomic E-state index is 5.91. The van der Waals surface area contributed by atoms with E-state index in [1.807, 2.05) is 12.1 Å². The smallest absolute Gasteiger partial charge is 0.157 e. The zero-order valence-corrected chi connectivity index (χ0v) is 9.14. The Morgan fingerprint density at radius 3 is 2.80 bits per heavy atom. The third kappa shape index (κ3) is 1.67. The van der Waals surface area contributed by atoms with Gasteiger partial charge in [-0.1, -0.05) is 13.8 Å². The van der Waals surface area contributed by atoms with Crippen molar-refractivity contribution in [3.05, 3.63) is 24.0 Å². The van der Waals surface area contributed by atoms with Gasteiger partial charge in [-0.3, -0.25) is 0 Å². The molecule has 0 bridgehead atoms. The highest BCUT2D eigenvalue weighted by molar-refractivity contribution is 5.46. The molecular weight excluding hydrogens is 188 g/mol. The predicted octanol–water partition coefficient (Wildman–Crippen LogP) is 2.22. The first-order chi connectivity index (χ1) is 7.26. The van der Waals surface area contributed by atoms with Crippen molar-refractivity contribution in [2.75, 3.05) is 5.73 Å². The van der Waals surface area contributed by atoms with E-state index < -0.39 is 0 Å². The lowest BCUT2D eigenvalue weighted by Crippen LogP contribution is -2.06. The van der Waals surface area contributed by atoms with Gasteiger partial charge in [0, 0.05) is 23.7 Å². The van der Waals surface area contributed by atoms with Crippen LogP contribution in [0.15, 0.2) is 18.3 Å². The molecule has 0 unspecified atom stereocenters. The fourth-order valence-corrected chi connectivity index (χ4v) is 1.87. The molecule has 4 nitrogen and oxygen atoms in total. The summed E-state index contributed by atoms with van der Waals surface area (Å²) in [5, 5.41) is 4.10. The lowest BCUT2D eigenvalue weighted by molar-refractivity contribution is 0.623. The van der Waals surface area contributed by atoms with Gasteiger partial charge in [-0.15, -0.1) is 0 Å². The lowest BCUT2D eigenvalue weighted by Gasteiger charge is -2.12. The number of aromatic nitrogens is 3. The van der Waals surface area contributed by atoms with E-state index in [2.05, 4.69) is 23.9 Å². The summed E-state index contributed by atoms with van der Waals surface area (Å²) in [6.07, 6.45) is 3.90. The first-order valence-corrected chi connectivity index (χ1v) is 5.36. The normalized spacial score (nSPS) is 11.4. The highest BCUT2D eigenvalue weighted by Gasteiger charge is 2.11. The van der Waals surface area contributed by atoms with Gasteiger partial charge in [-0.2, -0.15) is 9.61 Å². The van der Waals surface area contributed by atoms with E-state index in [0.717, 1.165) is 24.2 Å². The zero-order chi connectivity index (χ0) is 10.8. The molecule has 0 amide bonds. The summed E-state index contributed by atoms with van der Waals surface area (Å²) in [4.78, 5) is 4.56. The van der Waals surface area contributed by atoms with Crippen LogP contribution in [0.1, 0.15) is 38.3 Å². The summed E-state index contributed by atoms with van der Waals surface area (Å²) >= 11 is 0. The number of rotatable bonds is 3. The minimum Gasteiger partial charge on any atom is -0.384 e. The highest BCUT2D eigenvalue weighted by Crippen LogP contribution is 2.23. The van der Waals surface area contributed by atoms with E-state index in [0.29, 0.717) is 11.7 Å². The number of hydrogen-bond donors (Lipinski definition) is 1. The number of nitrogens with two attached hydrogens (primary N) is 1. The van der Waals surface area contributed by atoms with Crippen molar-refractivity contribution in [2.45, 2.75) is 32.6 Å². The Morgan fingerprint density at radius 1 is 1.40 bits per heavy atom. The average molecular weight is 204 g/mol. The molecule has 4 heteroatoms. The second-order valence-electron chi connectivity index (χ2n) is 3.72. The molecule has 0 aliphatic carbocycles. The Bertz CT molecular complexity index is 457. The standard InChI is InChI=1S/C11H16N4/c1-3-8(4-2)9-7-10(12)15-11(14-9)5-6-13-15/h5-8H,3-4,12H2,1-2H3. The Balaban J connectivity index is 2.52. The number of nitrogens with zero attached hydrogens (tertiary/aromatic N) is 3. The largest absolute Gasteiger partial charge is 0.384 e. The minimum atomic E-state index is 0.493. The molecule has 80 valence electrons. The zero-order valence-electron chi connectivity index (χ0n) is 9.14. The van der Waals surface area contributed by atoms with Crippen molar-refractivity contribution in [1.29, 1.82) is 0 Å². The topological polar surface area (TPSA) is 56.2 Å². The predicted molar refractivity (Wildman–Crippen MR) is 60.7 cm³/mol. The van der Waals surface area contributed by atoms with E-state index in [1.54, 1.807) is 10.7 Å². The number of nitrogen functional groups attached to an aromatic ring is 1. The van der Waals surface area contributed by atoms with Crippen LogP contribution in [0.25, 0.3) is 5.65 Å². The third-order valence-electron chi connectivity index (χ3n) is 2.81. The summed E-state index contributed by atoms with van der Waals surface area (Å²) < 4.78 is 1.66. The van der Waals surface area contributed by atoms with Crippen molar-refractivity contribution in [3.8, 4) is 0 Å². The molecule has 2 heterocycles. The fraction of sp³-hybridized carbons (Fsp3) is 0.455. The fourth-order valence-electron chi connectivity index (χ4n) is 1.87. The van der Waals surface area contributed by atoms with Crippen molar-refractivity contribution in [3.63, 3.8) is 0 Å². The summed E-state index contributed by atoms with van der Waals surface area (Å²) in [7, 11) is 0. The molecule has 0 radical (unpaired) electrons. The van der Waals surface area contributed by atoms with Crippen molar-refractivity contribution in [1.82, 2.24) is 14.6 Å². The van der Waals surface area contributed by atoms with Gasteiger partial charge in [-0.05, 0) is 12.8 Å². The molecule has 15 heavy (non-hydrogen) atoms. The van der Waals surface area contributed by atoms with E-state index in [9.17, 15) is 0 Å². The van der Waals surface area contributed by atoms with Crippen molar-refractivity contribution >= 4 is 11.5 Å². The van der Waals surface area contributed by atoms with Gasteiger partial charge in [0.2, 0.25) is 0 Å². The van der Waals surface area contributed by atoms with Gasteiger partial charge < -0.3 is 5.73 Å². The van der Waals surface area contributed by atoms with Gasteiger partial charge >= 0.3 is 0 Å². The molecular formula is C11H16N4. The molecule has 0 spiro atoms. The molecule has 0 aromatic carbocycles. The molecule has 2 aromatic rings. The van der Waals surface area contributed by atoms with Gasteiger partial charge in [0.05, 0.1) is 6.20 Å². The van der Waals surface area contributed by atoms with Crippen LogP contribution in [0, 0.1) is 0 Å². The summed E-state index contributed by atoms with van der Waals surface area (Å²) in [5.41, 5.74) is 7.81. The quantitative estimate of drug-likeness (QED) is 0.834. The number of fused-ring (bicyclic) bond motifs is 1. The van der Waals surface area contributed by atoms with Crippen LogP contribution in [-0.2, 0) is 0 Å².